The molecule has 2 atom stereocenters. The Morgan fingerprint density at radius 1 is 0.897 bits per heavy atom. The van der Waals surface area contributed by atoms with E-state index in [1.807, 2.05) is 17.8 Å². The van der Waals surface area contributed by atoms with Crippen LogP contribution in [-0.2, 0) is 6.42 Å². The maximum absolute atomic E-state index is 5.60. The summed E-state index contributed by atoms with van der Waals surface area (Å²) < 4.78 is 11.1. The van der Waals surface area contributed by atoms with E-state index in [2.05, 4.69) is 60.7 Å². The second-order valence-corrected chi connectivity index (χ2v) is 8.60. The van der Waals surface area contributed by atoms with Crippen molar-refractivity contribution in [1.82, 2.24) is 0 Å². The number of aryl methyl sites for hydroxylation is 1. The first-order valence-corrected chi connectivity index (χ1v) is 10.8. The van der Waals surface area contributed by atoms with Crippen LogP contribution in [0.5, 0.6) is 11.5 Å². The van der Waals surface area contributed by atoms with Gasteiger partial charge in [0.05, 0.1) is 25.6 Å². The molecule has 0 amide bonds. The fourth-order valence-corrected chi connectivity index (χ4v) is 5.78. The molecule has 2 aliphatic rings. The van der Waals surface area contributed by atoms with Crippen LogP contribution in [0.4, 0.5) is 5.69 Å². The van der Waals surface area contributed by atoms with Crippen LogP contribution in [0.1, 0.15) is 28.4 Å². The van der Waals surface area contributed by atoms with Crippen LogP contribution in [0.25, 0.3) is 0 Å². The number of hydrogen-bond donors (Lipinski definition) is 0. The summed E-state index contributed by atoms with van der Waals surface area (Å²) in [4.78, 5) is 6.42. The van der Waals surface area contributed by atoms with Crippen molar-refractivity contribution in [3.05, 3.63) is 83.4 Å². The number of ether oxygens (including phenoxy) is 2. The molecule has 0 saturated carbocycles. The van der Waals surface area contributed by atoms with Crippen molar-refractivity contribution in [2.75, 3.05) is 14.2 Å². The first-order chi connectivity index (χ1) is 14.3. The maximum atomic E-state index is 5.60. The number of fused-ring (bicyclic) bond motifs is 4. The van der Waals surface area contributed by atoms with E-state index in [-0.39, 0.29) is 5.25 Å². The quantitative estimate of drug-likeness (QED) is 0.521. The van der Waals surface area contributed by atoms with Crippen molar-refractivity contribution in [1.29, 1.82) is 0 Å². The van der Waals surface area contributed by atoms with Gasteiger partial charge >= 0.3 is 0 Å². The lowest BCUT2D eigenvalue weighted by Crippen LogP contribution is -2.27. The molecule has 0 saturated heterocycles. The molecular formula is C25H23NO2S. The van der Waals surface area contributed by atoms with Gasteiger partial charge in [-0.2, -0.15) is 0 Å². The number of methoxy groups -OCH3 is 2. The van der Waals surface area contributed by atoms with E-state index in [4.69, 9.17) is 14.5 Å². The summed E-state index contributed by atoms with van der Waals surface area (Å²) in [5.41, 5.74) is 6.23. The molecule has 5 rings (SSSR count). The highest BCUT2D eigenvalue weighted by molar-refractivity contribution is 7.99. The van der Waals surface area contributed by atoms with Gasteiger partial charge in [-0.1, -0.05) is 42.5 Å². The predicted molar refractivity (Wildman–Crippen MR) is 119 cm³/mol. The Labute approximate surface area is 175 Å². The Balaban J connectivity index is 1.67. The Morgan fingerprint density at radius 2 is 1.69 bits per heavy atom. The highest BCUT2D eigenvalue weighted by atomic mass is 32.2. The van der Waals surface area contributed by atoms with Crippen molar-refractivity contribution >= 4 is 23.2 Å². The summed E-state index contributed by atoms with van der Waals surface area (Å²) in [6.07, 6.45) is 2.18. The monoisotopic (exact) mass is 401 g/mol. The number of nitrogens with zero attached hydrogens (tertiary/aromatic N) is 1. The Morgan fingerprint density at radius 3 is 2.55 bits per heavy atom. The third kappa shape index (κ3) is 3.22. The number of aliphatic imine (C=N–C) groups is 1. The molecule has 1 aliphatic heterocycles. The van der Waals surface area contributed by atoms with E-state index in [1.54, 1.807) is 14.2 Å². The number of thioether (sulfide) groups is 1. The van der Waals surface area contributed by atoms with E-state index in [0.29, 0.717) is 5.92 Å². The van der Waals surface area contributed by atoms with Crippen molar-refractivity contribution in [2.45, 2.75) is 23.0 Å². The van der Waals surface area contributed by atoms with Gasteiger partial charge in [-0.15, -0.1) is 11.8 Å². The van der Waals surface area contributed by atoms with Crippen LogP contribution in [0.3, 0.4) is 0 Å². The summed E-state index contributed by atoms with van der Waals surface area (Å²) in [6, 6.07) is 23.5. The smallest absolute Gasteiger partial charge is 0.161 e. The third-order valence-corrected chi connectivity index (χ3v) is 7.28. The minimum absolute atomic E-state index is 0.269. The average Bonchev–Trinajstić information content (AvgIpc) is 2.95. The lowest BCUT2D eigenvalue weighted by atomic mass is 9.78. The van der Waals surface area contributed by atoms with Gasteiger partial charge in [0, 0.05) is 16.1 Å². The molecule has 1 aliphatic carbocycles. The Bertz CT molecular complexity index is 1090. The minimum atomic E-state index is 0.269. The van der Waals surface area contributed by atoms with E-state index in [1.165, 1.54) is 27.3 Å². The van der Waals surface area contributed by atoms with Crippen LogP contribution in [0.2, 0.25) is 0 Å². The van der Waals surface area contributed by atoms with Gasteiger partial charge in [0.1, 0.15) is 0 Å². The Hall–Kier alpha value is -2.72. The highest BCUT2D eigenvalue weighted by Gasteiger charge is 2.36. The van der Waals surface area contributed by atoms with E-state index in [0.717, 1.165) is 30.0 Å². The molecule has 0 radical (unpaired) electrons. The summed E-state index contributed by atoms with van der Waals surface area (Å²) in [5.74, 6) is 1.89. The second kappa shape index (κ2) is 7.60. The van der Waals surface area contributed by atoms with E-state index >= 15 is 0 Å². The zero-order valence-corrected chi connectivity index (χ0v) is 17.4. The maximum Gasteiger partial charge on any atom is 0.161 e. The standard InChI is InChI=1S/C25H23NO2S/c1-27-21-14-12-17(15-22(21)28-2)25-19-13-11-16-7-3-4-8-18(16)24(19)26-20-9-5-6-10-23(20)29-25/h3-10,12,14-15,19,25H,11,13H2,1-2H3. The van der Waals surface area contributed by atoms with Gasteiger partial charge in [-0.05, 0) is 53.8 Å². The van der Waals surface area contributed by atoms with E-state index < -0.39 is 0 Å². The molecule has 4 heteroatoms. The normalized spacial score (nSPS) is 19.9. The molecule has 3 aromatic rings. The molecular weight excluding hydrogens is 378 g/mol. The van der Waals surface area contributed by atoms with Crippen molar-refractivity contribution in [2.24, 2.45) is 10.9 Å². The molecule has 1 heterocycles. The number of benzene rings is 3. The van der Waals surface area contributed by atoms with Crippen LogP contribution < -0.4 is 9.47 Å². The van der Waals surface area contributed by atoms with Crippen LogP contribution in [-0.4, -0.2) is 19.9 Å². The number of rotatable bonds is 3. The van der Waals surface area contributed by atoms with Crippen LogP contribution in [0, 0.1) is 5.92 Å². The van der Waals surface area contributed by atoms with Crippen molar-refractivity contribution in [3.63, 3.8) is 0 Å². The molecule has 0 N–H and O–H groups in total. The van der Waals surface area contributed by atoms with Gasteiger partial charge in [-0.3, -0.25) is 4.99 Å². The zero-order valence-electron chi connectivity index (χ0n) is 16.6. The summed E-state index contributed by atoms with van der Waals surface area (Å²) in [6.45, 7) is 0. The first-order valence-electron chi connectivity index (χ1n) is 9.93. The number of hydrogen-bond acceptors (Lipinski definition) is 4. The molecule has 0 fully saturated rings. The predicted octanol–water partition coefficient (Wildman–Crippen LogP) is 6.23. The zero-order chi connectivity index (χ0) is 19.8. The number of para-hydroxylation sites is 1. The lowest BCUT2D eigenvalue weighted by Gasteiger charge is -2.31. The molecule has 0 aromatic heterocycles. The summed E-state index contributed by atoms with van der Waals surface area (Å²) >= 11 is 1.91. The average molecular weight is 402 g/mol. The molecule has 0 spiro atoms. The molecule has 3 aromatic carbocycles. The molecule has 146 valence electrons. The molecule has 2 unspecified atom stereocenters. The first kappa shape index (κ1) is 18.3. The SMILES string of the molecule is COc1ccc(C2Sc3ccccc3N=C3c4ccccc4CCC32)cc1OC. The lowest BCUT2D eigenvalue weighted by molar-refractivity contribution is 0.354. The fourth-order valence-electron chi connectivity index (χ4n) is 4.40. The van der Waals surface area contributed by atoms with Crippen molar-refractivity contribution < 1.29 is 9.47 Å². The Kier molecular flexibility index (Phi) is 4.80. The van der Waals surface area contributed by atoms with Gasteiger partial charge < -0.3 is 9.47 Å². The second-order valence-electron chi connectivity index (χ2n) is 7.42. The van der Waals surface area contributed by atoms with Gasteiger partial charge in [0.2, 0.25) is 0 Å². The van der Waals surface area contributed by atoms with E-state index in [9.17, 15) is 0 Å². The van der Waals surface area contributed by atoms with Gasteiger partial charge in [0.15, 0.2) is 11.5 Å². The van der Waals surface area contributed by atoms with Crippen molar-refractivity contribution in [3.8, 4) is 11.5 Å². The molecule has 0 bridgehead atoms. The summed E-state index contributed by atoms with van der Waals surface area (Å²) in [7, 11) is 3.37. The van der Waals surface area contributed by atoms with Gasteiger partial charge in [-0.25, -0.2) is 0 Å². The topological polar surface area (TPSA) is 30.8 Å². The van der Waals surface area contributed by atoms with Crippen LogP contribution in [0.15, 0.2) is 76.6 Å². The van der Waals surface area contributed by atoms with Gasteiger partial charge in [0.25, 0.3) is 0 Å². The highest BCUT2D eigenvalue weighted by Crippen LogP contribution is 2.51. The fraction of sp³-hybridized carbons (Fsp3) is 0.240. The molecule has 29 heavy (non-hydrogen) atoms. The van der Waals surface area contributed by atoms with Crippen LogP contribution >= 0.6 is 11.8 Å². The summed E-state index contributed by atoms with van der Waals surface area (Å²) in [5, 5.41) is 0.269. The minimum Gasteiger partial charge on any atom is -0.493 e. The largest absolute Gasteiger partial charge is 0.493 e. The molecule has 3 nitrogen and oxygen atoms in total. The third-order valence-electron chi connectivity index (χ3n) is 5.83.